The molecule has 0 radical (unpaired) electrons. The number of hydrogen-bond acceptors (Lipinski definition) is 4. The minimum absolute atomic E-state index is 0.0277. The molecule has 19 heavy (non-hydrogen) atoms. The van der Waals surface area contributed by atoms with Gasteiger partial charge in [-0.2, -0.15) is 0 Å². The molecule has 1 heterocycles. The number of carbonyl (C=O) groups excluding carboxylic acids is 1. The fourth-order valence-electron chi connectivity index (χ4n) is 3.80. The van der Waals surface area contributed by atoms with Crippen LogP contribution in [0.25, 0.3) is 0 Å². The lowest BCUT2D eigenvalue weighted by molar-refractivity contribution is -0.144. The standard InChI is InChI=1S/C15H19NO3/c1-7-4-5-10-9(3)15(17)19-14(10)13-8(2)6-11(16-18)12(7)13/h6,9-10,13-14,18H,4-5H2,1-3H3/b16-11-/t9-,10-,13+,14+/m1/s1. The summed E-state index contributed by atoms with van der Waals surface area (Å²) < 4.78 is 5.63. The van der Waals surface area contributed by atoms with Gasteiger partial charge in [0.25, 0.3) is 0 Å². The van der Waals surface area contributed by atoms with Crippen LogP contribution in [0.2, 0.25) is 0 Å². The molecule has 0 spiro atoms. The fourth-order valence-corrected chi connectivity index (χ4v) is 3.80. The van der Waals surface area contributed by atoms with Gasteiger partial charge in [0.2, 0.25) is 0 Å². The first-order valence-corrected chi connectivity index (χ1v) is 6.85. The molecular weight excluding hydrogens is 242 g/mol. The summed E-state index contributed by atoms with van der Waals surface area (Å²) in [6.45, 7) is 6.07. The molecule has 3 aliphatic rings. The second-order valence-corrected chi connectivity index (χ2v) is 5.94. The van der Waals surface area contributed by atoms with E-state index >= 15 is 0 Å². The van der Waals surface area contributed by atoms with Crippen LogP contribution >= 0.6 is 0 Å². The molecule has 0 saturated carbocycles. The van der Waals surface area contributed by atoms with E-state index in [1.807, 2.05) is 19.9 Å². The molecule has 4 nitrogen and oxygen atoms in total. The molecule has 0 amide bonds. The molecule has 4 atom stereocenters. The van der Waals surface area contributed by atoms with E-state index < -0.39 is 0 Å². The highest BCUT2D eigenvalue weighted by Gasteiger charge is 2.50. The van der Waals surface area contributed by atoms with Crippen LogP contribution in [0.15, 0.2) is 28.0 Å². The first-order chi connectivity index (χ1) is 9.04. The maximum absolute atomic E-state index is 11.8. The predicted octanol–water partition coefficient (Wildman–Crippen LogP) is 2.68. The topological polar surface area (TPSA) is 58.9 Å². The summed E-state index contributed by atoms with van der Waals surface area (Å²) >= 11 is 0. The van der Waals surface area contributed by atoms with E-state index in [9.17, 15) is 10.0 Å². The molecule has 0 aromatic rings. The smallest absolute Gasteiger partial charge is 0.309 e. The van der Waals surface area contributed by atoms with Gasteiger partial charge in [0, 0.05) is 11.8 Å². The number of oxime groups is 1. The average Bonchev–Trinajstić information content (AvgIpc) is 2.80. The van der Waals surface area contributed by atoms with Crippen molar-refractivity contribution in [1.29, 1.82) is 0 Å². The summed E-state index contributed by atoms with van der Waals surface area (Å²) in [6, 6.07) is 0. The molecule has 3 rings (SSSR count). The van der Waals surface area contributed by atoms with Crippen molar-refractivity contribution in [3.05, 3.63) is 22.8 Å². The second-order valence-electron chi connectivity index (χ2n) is 5.94. The molecule has 0 bridgehead atoms. The zero-order valence-corrected chi connectivity index (χ0v) is 11.5. The van der Waals surface area contributed by atoms with Gasteiger partial charge in [0.1, 0.15) is 11.8 Å². The van der Waals surface area contributed by atoms with Crippen molar-refractivity contribution in [2.24, 2.45) is 22.9 Å². The van der Waals surface area contributed by atoms with E-state index in [1.165, 1.54) is 5.57 Å². The number of carbonyl (C=O) groups is 1. The second kappa shape index (κ2) is 4.22. The SMILES string of the molecule is CC1=C/C(=N/O)C2=C(C)CC[C@H]3[C@H](OC(=O)[C@@H]3C)[C@@H]12. The van der Waals surface area contributed by atoms with E-state index in [1.54, 1.807) is 0 Å². The zero-order chi connectivity index (χ0) is 13.7. The number of nitrogens with zero attached hydrogens (tertiary/aromatic N) is 1. The van der Waals surface area contributed by atoms with Crippen molar-refractivity contribution in [2.45, 2.75) is 39.7 Å². The van der Waals surface area contributed by atoms with Gasteiger partial charge in [-0.1, -0.05) is 23.2 Å². The van der Waals surface area contributed by atoms with Crippen LogP contribution in [0.4, 0.5) is 0 Å². The number of esters is 1. The Morgan fingerprint density at radius 3 is 2.84 bits per heavy atom. The largest absolute Gasteiger partial charge is 0.461 e. The summed E-state index contributed by atoms with van der Waals surface area (Å²) in [5.41, 5.74) is 4.08. The van der Waals surface area contributed by atoms with Crippen molar-refractivity contribution < 1.29 is 14.7 Å². The Labute approximate surface area is 112 Å². The normalized spacial score (nSPS) is 39.8. The molecule has 0 aromatic heterocycles. The number of rotatable bonds is 0. The molecule has 1 fully saturated rings. The highest BCUT2D eigenvalue weighted by atomic mass is 16.6. The highest BCUT2D eigenvalue weighted by molar-refractivity contribution is 6.12. The predicted molar refractivity (Wildman–Crippen MR) is 70.9 cm³/mol. The maximum atomic E-state index is 11.8. The van der Waals surface area contributed by atoms with Crippen LogP contribution in [0, 0.1) is 17.8 Å². The minimum atomic E-state index is -0.0922. The van der Waals surface area contributed by atoms with Crippen LogP contribution in [0.1, 0.15) is 33.6 Å². The third-order valence-corrected chi connectivity index (χ3v) is 4.88. The van der Waals surface area contributed by atoms with Crippen molar-refractivity contribution in [3.8, 4) is 0 Å². The Balaban J connectivity index is 2.08. The summed E-state index contributed by atoms with van der Waals surface area (Å²) in [5, 5.41) is 12.6. The summed E-state index contributed by atoms with van der Waals surface area (Å²) in [7, 11) is 0. The molecule has 102 valence electrons. The molecule has 0 unspecified atom stereocenters. The number of hydrogen-bond donors (Lipinski definition) is 1. The number of allylic oxidation sites excluding steroid dienone is 2. The Kier molecular flexibility index (Phi) is 2.77. The quantitative estimate of drug-likeness (QED) is 0.414. The third kappa shape index (κ3) is 1.66. The van der Waals surface area contributed by atoms with Gasteiger partial charge in [-0.15, -0.1) is 0 Å². The molecule has 2 aliphatic carbocycles. The Morgan fingerprint density at radius 2 is 2.16 bits per heavy atom. The number of ether oxygens (including phenoxy) is 1. The van der Waals surface area contributed by atoms with E-state index in [0.717, 1.165) is 24.0 Å². The lowest BCUT2D eigenvalue weighted by atomic mass is 9.81. The van der Waals surface area contributed by atoms with Gasteiger partial charge in [-0.05, 0) is 38.3 Å². The summed E-state index contributed by atoms with van der Waals surface area (Å²) in [5.74, 6) is 0.231. The van der Waals surface area contributed by atoms with Crippen LogP contribution < -0.4 is 0 Å². The lowest BCUT2D eigenvalue weighted by Gasteiger charge is -2.24. The van der Waals surface area contributed by atoms with Crippen molar-refractivity contribution in [3.63, 3.8) is 0 Å². The van der Waals surface area contributed by atoms with E-state index in [0.29, 0.717) is 5.71 Å². The lowest BCUT2D eigenvalue weighted by Crippen LogP contribution is -2.28. The first-order valence-electron chi connectivity index (χ1n) is 6.85. The van der Waals surface area contributed by atoms with Crippen molar-refractivity contribution in [1.82, 2.24) is 0 Å². The molecule has 1 N–H and O–H groups in total. The van der Waals surface area contributed by atoms with Gasteiger partial charge in [0.05, 0.1) is 5.92 Å². The van der Waals surface area contributed by atoms with Gasteiger partial charge in [0.15, 0.2) is 0 Å². The van der Waals surface area contributed by atoms with E-state index in [-0.39, 0.29) is 29.8 Å². The molecule has 1 aliphatic heterocycles. The fraction of sp³-hybridized carbons (Fsp3) is 0.600. The third-order valence-electron chi connectivity index (χ3n) is 4.88. The Bertz CT molecular complexity index is 530. The van der Waals surface area contributed by atoms with Crippen LogP contribution in [-0.2, 0) is 9.53 Å². The van der Waals surface area contributed by atoms with Gasteiger partial charge in [-0.25, -0.2) is 0 Å². The summed E-state index contributed by atoms with van der Waals surface area (Å²) in [6.07, 6.45) is 3.72. The molecule has 4 heteroatoms. The average molecular weight is 261 g/mol. The molecular formula is C15H19NO3. The van der Waals surface area contributed by atoms with Crippen LogP contribution in [0.3, 0.4) is 0 Å². The highest BCUT2D eigenvalue weighted by Crippen LogP contribution is 2.47. The van der Waals surface area contributed by atoms with Gasteiger partial charge < -0.3 is 9.94 Å². The molecule has 0 aromatic carbocycles. The van der Waals surface area contributed by atoms with E-state index in [4.69, 9.17) is 4.74 Å². The van der Waals surface area contributed by atoms with Crippen LogP contribution in [-0.4, -0.2) is 23.0 Å². The zero-order valence-electron chi connectivity index (χ0n) is 11.5. The van der Waals surface area contributed by atoms with Gasteiger partial charge in [-0.3, -0.25) is 4.79 Å². The van der Waals surface area contributed by atoms with Gasteiger partial charge >= 0.3 is 5.97 Å². The first kappa shape index (κ1) is 12.5. The van der Waals surface area contributed by atoms with E-state index in [2.05, 4.69) is 12.1 Å². The van der Waals surface area contributed by atoms with Crippen molar-refractivity contribution in [2.75, 3.05) is 0 Å². The minimum Gasteiger partial charge on any atom is -0.461 e. The van der Waals surface area contributed by atoms with Crippen molar-refractivity contribution >= 4 is 11.7 Å². The Hall–Kier alpha value is -1.58. The summed E-state index contributed by atoms with van der Waals surface area (Å²) in [4.78, 5) is 11.8. The Morgan fingerprint density at radius 1 is 1.42 bits per heavy atom. The molecule has 1 saturated heterocycles. The number of fused-ring (bicyclic) bond motifs is 3. The van der Waals surface area contributed by atoms with Crippen LogP contribution in [0.5, 0.6) is 0 Å². The monoisotopic (exact) mass is 261 g/mol. The maximum Gasteiger partial charge on any atom is 0.309 e.